The Hall–Kier alpha value is -3.08. The van der Waals surface area contributed by atoms with Gasteiger partial charge in [0.15, 0.2) is 0 Å². The van der Waals surface area contributed by atoms with Crippen molar-refractivity contribution in [1.82, 2.24) is 14.5 Å². The fourth-order valence-electron chi connectivity index (χ4n) is 2.65. The van der Waals surface area contributed by atoms with Crippen molar-refractivity contribution in [3.05, 3.63) is 55.0 Å². The predicted molar refractivity (Wildman–Crippen MR) is 86.9 cm³/mol. The molecule has 4 rings (SSSR count). The largest absolute Gasteiger partial charge is 0.436 e. The van der Waals surface area contributed by atoms with Gasteiger partial charge in [0, 0.05) is 29.7 Å². The molecule has 0 atom stereocenters. The number of hydrogen-bond acceptors (Lipinski definition) is 4. The molecule has 0 spiro atoms. The van der Waals surface area contributed by atoms with E-state index >= 15 is 0 Å². The second-order valence-corrected chi connectivity index (χ2v) is 5.14. The van der Waals surface area contributed by atoms with Crippen LogP contribution < -0.4 is 10.5 Å². The zero-order valence-corrected chi connectivity index (χ0v) is 12.0. The van der Waals surface area contributed by atoms with Crippen molar-refractivity contribution in [2.75, 3.05) is 5.73 Å². The summed E-state index contributed by atoms with van der Waals surface area (Å²) in [4.78, 5) is 8.53. The highest BCUT2D eigenvalue weighted by atomic mass is 16.5. The third kappa shape index (κ3) is 1.87. The summed E-state index contributed by atoms with van der Waals surface area (Å²) >= 11 is 0. The van der Waals surface area contributed by atoms with Gasteiger partial charge in [0.2, 0.25) is 5.88 Å². The van der Waals surface area contributed by atoms with Crippen LogP contribution in [0.25, 0.3) is 21.8 Å². The molecule has 2 N–H and O–H groups in total. The standard InChI is InChI=1S/C17H14N4O/c1-21-9-8-14-16(21)17(20-10-19-14)22-15-7-6-13(18)11-4-2-3-5-12(11)15/h2-10H,18H2,1H3. The SMILES string of the molecule is Cn1ccc2ncnc(Oc3ccc(N)c4ccccc34)c21. The van der Waals surface area contributed by atoms with Crippen molar-refractivity contribution >= 4 is 27.5 Å². The Morgan fingerprint density at radius 3 is 2.68 bits per heavy atom. The second-order valence-electron chi connectivity index (χ2n) is 5.14. The van der Waals surface area contributed by atoms with E-state index < -0.39 is 0 Å². The summed E-state index contributed by atoms with van der Waals surface area (Å²) in [6.45, 7) is 0. The van der Waals surface area contributed by atoms with Gasteiger partial charge in [-0.1, -0.05) is 24.3 Å². The van der Waals surface area contributed by atoms with E-state index in [1.165, 1.54) is 6.33 Å². The van der Waals surface area contributed by atoms with Crippen molar-refractivity contribution in [2.24, 2.45) is 7.05 Å². The molecular weight excluding hydrogens is 276 g/mol. The summed E-state index contributed by atoms with van der Waals surface area (Å²) < 4.78 is 8.02. The summed E-state index contributed by atoms with van der Waals surface area (Å²) in [5, 5.41) is 1.93. The maximum absolute atomic E-state index is 6.07. The molecule has 0 bridgehead atoms. The van der Waals surface area contributed by atoms with Crippen LogP contribution in [0.1, 0.15) is 0 Å². The number of nitrogens with two attached hydrogens (primary N) is 1. The number of nitrogen functional groups attached to an aromatic ring is 1. The van der Waals surface area contributed by atoms with Gasteiger partial charge in [0.05, 0.1) is 5.52 Å². The summed E-state index contributed by atoms with van der Waals surface area (Å²) in [5.41, 5.74) is 8.48. The van der Waals surface area contributed by atoms with Crippen LogP contribution in [0.2, 0.25) is 0 Å². The monoisotopic (exact) mass is 290 g/mol. The third-order valence-electron chi connectivity index (χ3n) is 3.75. The number of hydrogen-bond donors (Lipinski definition) is 1. The minimum absolute atomic E-state index is 0.535. The van der Waals surface area contributed by atoms with Crippen molar-refractivity contribution in [3.63, 3.8) is 0 Å². The topological polar surface area (TPSA) is 66.0 Å². The van der Waals surface area contributed by atoms with E-state index in [4.69, 9.17) is 10.5 Å². The van der Waals surface area contributed by atoms with Gasteiger partial charge >= 0.3 is 0 Å². The molecule has 5 nitrogen and oxygen atoms in total. The van der Waals surface area contributed by atoms with Gasteiger partial charge in [0.25, 0.3) is 0 Å². The first-order chi connectivity index (χ1) is 10.7. The van der Waals surface area contributed by atoms with E-state index in [1.54, 1.807) is 0 Å². The van der Waals surface area contributed by atoms with Crippen LogP contribution in [0.5, 0.6) is 11.6 Å². The molecule has 0 aliphatic heterocycles. The molecule has 0 amide bonds. The van der Waals surface area contributed by atoms with E-state index in [-0.39, 0.29) is 0 Å². The molecule has 0 radical (unpaired) electrons. The van der Waals surface area contributed by atoms with Crippen LogP contribution in [-0.2, 0) is 7.05 Å². The lowest BCUT2D eigenvalue weighted by atomic mass is 10.1. The van der Waals surface area contributed by atoms with E-state index in [0.717, 1.165) is 33.2 Å². The average molecular weight is 290 g/mol. The number of nitrogens with zero attached hydrogens (tertiary/aromatic N) is 3. The number of benzene rings is 2. The lowest BCUT2D eigenvalue weighted by Gasteiger charge is -2.11. The number of aryl methyl sites for hydroxylation is 1. The molecule has 108 valence electrons. The highest BCUT2D eigenvalue weighted by molar-refractivity contribution is 5.97. The molecule has 0 saturated heterocycles. The quantitative estimate of drug-likeness (QED) is 0.574. The molecule has 2 aromatic carbocycles. The predicted octanol–water partition coefficient (Wildman–Crippen LogP) is 3.50. The Morgan fingerprint density at radius 2 is 1.82 bits per heavy atom. The summed E-state index contributed by atoms with van der Waals surface area (Å²) in [7, 11) is 1.94. The van der Waals surface area contributed by atoms with Crippen LogP contribution in [0.15, 0.2) is 55.0 Å². The molecule has 0 aliphatic rings. The Balaban J connectivity index is 1.90. The minimum atomic E-state index is 0.535. The van der Waals surface area contributed by atoms with E-state index in [2.05, 4.69) is 9.97 Å². The molecule has 4 aromatic rings. The van der Waals surface area contributed by atoms with Crippen molar-refractivity contribution in [3.8, 4) is 11.6 Å². The Morgan fingerprint density at radius 1 is 1.00 bits per heavy atom. The first-order valence-corrected chi connectivity index (χ1v) is 6.95. The Kier molecular flexibility index (Phi) is 2.72. The maximum atomic E-state index is 6.07. The molecule has 2 aromatic heterocycles. The second kappa shape index (κ2) is 4.73. The van der Waals surface area contributed by atoms with Crippen LogP contribution in [0.3, 0.4) is 0 Å². The molecular formula is C17H14N4O. The van der Waals surface area contributed by atoms with Gasteiger partial charge in [0.1, 0.15) is 17.6 Å². The summed E-state index contributed by atoms with van der Waals surface area (Å²) in [6.07, 6.45) is 3.45. The van der Waals surface area contributed by atoms with Crippen LogP contribution in [0, 0.1) is 0 Å². The number of anilines is 1. The van der Waals surface area contributed by atoms with Crippen LogP contribution in [0.4, 0.5) is 5.69 Å². The van der Waals surface area contributed by atoms with Crippen molar-refractivity contribution in [1.29, 1.82) is 0 Å². The normalized spacial score (nSPS) is 11.1. The minimum Gasteiger partial charge on any atom is -0.436 e. The molecule has 22 heavy (non-hydrogen) atoms. The highest BCUT2D eigenvalue weighted by Crippen LogP contribution is 2.34. The zero-order valence-electron chi connectivity index (χ0n) is 12.0. The van der Waals surface area contributed by atoms with Gasteiger partial charge in [-0.05, 0) is 18.2 Å². The molecule has 0 aliphatic carbocycles. The van der Waals surface area contributed by atoms with Gasteiger partial charge in [-0.2, -0.15) is 4.98 Å². The van der Waals surface area contributed by atoms with E-state index in [1.807, 2.05) is 60.3 Å². The van der Waals surface area contributed by atoms with Gasteiger partial charge in [-0.3, -0.25) is 0 Å². The molecule has 2 heterocycles. The lowest BCUT2D eigenvalue weighted by molar-refractivity contribution is 0.471. The maximum Gasteiger partial charge on any atom is 0.247 e. The fourth-order valence-corrected chi connectivity index (χ4v) is 2.65. The highest BCUT2D eigenvalue weighted by Gasteiger charge is 2.12. The number of aromatic nitrogens is 3. The van der Waals surface area contributed by atoms with E-state index in [9.17, 15) is 0 Å². The smallest absolute Gasteiger partial charge is 0.247 e. The third-order valence-corrected chi connectivity index (χ3v) is 3.75. The van der Waals surface area contributed by atoms with Crippen LogP contribution >= 0.6 is 0 Å². The summed E-state index contributed by atoms with van der Waals surface area (Å²) in [5.74, 6) is 1.26. The number of fused-ring (bicyclic) bond motifs is 2. The average Bonchev–Trinajstić information content (AvgIpc) is 2.93. The molecule has 0 unspecified atom stereocenters. The molecule has 5 heteroatoms. The zero-order chi connectivity index (χ0) is 15.1. The first-order valence-electron chi connectivity index (χ1n) is 6.95. The Labute approximate surface area is 127 Å². The van der Waals surface area contributed by atoms with Crippen molar-refractivity contribution in [2.45, 2.75) is 0 Å². The first kappa shape index (κ1) is 12.6. The molecule has 0 fully saturated rings. The number of rotatable bonds is 2. The van der Waals surface area contributed by atoms with E-state index in [0.29, 0.717) is 5.88 Å². The molecule has 0 saturated carbocycles. The fraction of sp³-hybridized carbons (Fsp3) is 0.0588. The van der Waals surface area contributed by atoms with Crippen molar-refractivity contribution < 1.29 is 4.74 Å². The lowest BCUT2D eigenvalue weighted by Crippen LogP contribution is -1.96. The number of ether oxygens (including phenoxy) is 1. The van der Waals surface area contributed by atoms with Crippen LogP contribution in [-0.4, -0.2) is 14.5 Å². The summed E-state index contributed by atoms with van der Waals surface area (Å²) in [6, 6.07) is 13.6. The van der Waals surface area contributed by atoms with Gasteiger partial charge < -0.3 is 15.0 Å². The van der Waals surface area contributed by atoms with Gasteiger partial charge in [-0.25, -0.2) is 4.98 Å². The Bertz CT molecular complexity index is 990. The van der Waals surface area contributed by atoms with Gasteiger partial charge in [-0.15, -0.1) is 0 Å².